The summed E-state index contributed by atoms with van der Waals surface area (Å²) >= 11 is 0. The van der Waals surface area contributed by atoms with Gasteiger partial charge >= 0.3 is 0 Å². The minimum Gasteiger partial charge on any atom is -0.329 e. The lowest BCUT2D eigenvalue weighted by molar-refractivity contribution is 0.224. The summed E-state index contributed by atoms with van der Waals surface area (Å²) in [4.78, 5) is 6.89. The van der Waals surface area contributed by atoms with Crippen LogP contribution in [0.2, 0.25) is 0 Å². The molecule has 3 nitrogen and oxygen atoms in total. The maximum atomic E-state index is 5.99. The first kappa shape index (κ1) is 14.9. The fourth-order valence-corrected chi connectivity index (χ4v) is 2.73. The molecule has 0 aliphatic heterocycles. The maximum Gasteiger partial charge on any atom is 0.0705 e. The number of likely N-dealkylation sites (N-methyl/N-ethyl adjacent to an activating group) is 1. The summed E-state index contributed by atoms with van der Waals surface area (Å²) < 4.78 is 0. The van der Waals surface area contributed by atoms with Crippen molar-refractivity contribution in [1.29, 1.82) is 0 Å². The lowest BCUT2D eigenvalue weighted by atomic mass is 10.0. The Labute approximate surface area is 121 Å². The van der Waals surface area contributed by atoms with Gasteiger partial charge in [-0.3, -0.25) is 9.88 Å². The Kier molecular flexibility index (Phi) is 4.73. The number of aromatic nitrogens is 1. The van der Waals surface area contributed by atoms with E-state index in [1.165, 1.54) is 10.9 Å². The average molecular weight is 271 g/mol. The van der Waals surface area contributed by atoms with Gasteiger partial charge in [-0.25, -0.2) is 0 Å². The highest BCUT2D eigenvalue weighted by atomic mass is 15.1. The van der Waals surface area contributed by atoms with Crippen molar-refractivity contribution >= 4 is 10.9 Å². The predicted molar refractivity (Wildman–Crippen MR) is 85.7 cm³/mol. The van der Waals surface area contributed by atoms with Crippen LogP contribution in [0.4, 0.5) is 0 Å². The minimum absolute atomic E-state index is 0.267. The lowest BCUT2D eigenvalue weighted by Gasteiger charge is -2.29. The Bertz CT molecular complexity index is 577. The van der Waals surface area contributed by atoms with E-state index in [9.17, 15) is 0 Å². The van der Waals surface area contributed by atoms with E-state index in [0.717, 1.165) is 17.8 Å². The van der Waals surface area contributed by atoms with Crippen LogP contribution in [0.25, 0.3) is 10.9 Å². The van der Waals surface area contributed by atoms with Gasteiger partial charge in [-0.1, -0.05) is 26.0 Å². The summed E-state index contributed by atoms with van der Waals surface area (Å²) in [5.74, 6) is 0.638. The van der Waals surface area contributed by atoms with Gasteiger partial charge in [0.1, 0.15) is 0 Å². The number of aryl methyl sites for hydroxylation is 1. The van der Waals surface area contributed by atoms with Gasteiger partial charge in [0, 0.05) is 30.2 Å². The van der Waals surface area contributed by atoms with Crippen molar-refractivity contribution in [1.82, 2.24) is 9.88 Å². The Balaban J connectivity index is 2.32. The number of nitrogens with two attached hydrogens (primary N) is 1. The topological polar surface area (TPSA) is 42.1 Å². The van der Waals surface area contributed by atoms with Crippen LogP contribution >= 0.6 is 0 Å². The Morgan fingerprint density at radius 2 is 1.95 bits per heavy atom. The molecule has 20 heavy (non-hydrogen) atoms. The van der Waals surface area contributed by atoms with Crippen molar-refractivity contribution in [2.45, 2.75) is 26.8 Å². The molecule has 1 aromatic carbocycles. The van der Waals surface area contributed by atoms with E-state index in [-0.39, 0.29) is 6.04 Å². The molecule has 0 saturated carbocycles. The second-order valence-corrected chi connectivity index (χ2v) is 5.99. The number of fused-ring (bicyclic) bond motifs is 1. The van der Waals surface area contributed by atoms with Gasteiger partial charge in [-0.05, 0) is 43.7 Å². The zero-order valence-corrected chi connectivity index (χ0v) is 12.9. The summed E-state index contributed by atoms with van der Waals surface area (Å²) in [6.45, 7) is 8.17. The Morgan fingerprint density at radius 1 is 1.20 bits per heavy atom. The predicted octanol–water partition coefficient (Wildman–Crippen LogP) is 3.13. The van der Waals surface area contributed by atoms with Crippen LogP contribution < -0.4 is 5.73 Å². The molecule has 108 valence electrons. The second-order valence-electron chi connectivity index (χ2n) is 5.99. The first-order valence-electron chi connectivity index (χ1n) is 7.29. The van der Waals surface area contributed by atoms with Crippen molar-refractivity contribution in [3.05, 3.63) is 41.6 Å². The summed E-state index contributed by atoms with van der Waals surface area (Å²) in [6, 6.07) is 10.9. The highest BCUT2D eigenvalue weighted by molar-refractivity contribution is 5.79. The second kappa shape index (κ2) is 6.33. The number of rotatable bonds is 5. The van der Waals surface area contributed by atoms with Gasteiger partial charge in [0.2, 0.25) is 0 Å². The lowest BCUT2D eigenvalue weighted by Crippen LogP contribution is -2.33. The summed E-state index contributed by atoms with van der Waals surface area (Å²) in [7, 11) is 2.15. The molecular weight excluding hydrogens is 246 g/mol. The van der Waals surface area contributed by atoms with Crippen molar-refractivity contribution in [3.63, 3.8) is 0 Å². The third kappa shape index (κ3) is 3.35. The van der Waals surface area contributed by atoms with Gasteiger partial charge < -0.3 is 5.73 Å². The van der Waals surface area contributed by atoms with Gasteiger partial charge in [0.15, 0.2) is 0 Å². The molecule has 1 aromatic heterocycles. The molecule has 0 bridgehead atoms. The normalized spacial score (nSPS) is 13.3. The monoisotopic (exact) mass is 271 g/mol. The first-order chi connectivity index (χ1) is 9.51. The van der Waals surface area contributed by atoms with Crippen LogP contribution in [0.3, 0.4) is 0 Å². The third-order valence-corrected chi connectivity index (χ3v) is 3.65. The number of hydrogen-bond donors (Lipinski definition) is 1. The molecule has 0 aliphatic carbocycles. The van der Waals surface area contributed by atoms with Crippen molar-refractivity contribution in [2.24, 2.45) is 11.7 Å². The highest BCUT2D eigenvalue weighted by Gasteiger charge is 2.16. The molecule has 0 fully saturated rings. The van der Waals surface area contributed by atoms with Gasteiger partial charge in [-0.15, -0.1) is 0 Å². The van der Waals surface area contributed by atoms with Crippen LogP contribution in [0.5, 0.6) is 0 Å². The fourth-order valence-electron chi connectivity index (χ4n) is 2.73. The molecule has 3 heteroatoms. The van der Waals surface area contributed by atoms with Gasteiger partial charge in [0.05, 0.1) is 5.52 Å². The SMILES string of the molecule is Cc1ccc2cc(C(CN)N(C)CC(C)C)ccc2n1. The maximum absolute atomic E-state index is 5.99. The van der Waals surface area contributed by atoms with E-state index in [2.05, 4.69) is 61.1 Å². The minimum atomic E-state index is 0.267. The molecule has 2 rings (SSSR count). The number of nitrogens with zero attached hydrogens (tertiary/aromatic N) is 2. The largest absolute Gasteiger partial charge is 0.329 e. The van der Waals surface area contributed by atoms with Crippen molar-refractivity contribution in [3.8, 4) is 0 Å². The molecule has 0 amide bonds. The fraction of sp³-hybridized carbons (Fsp3) is 0.471. The van der Waals surface area contributed by atoms with E-state index < -0.39 is 0 Å². The molecule has 2 aromatic rings. The van der Waals surface area contributed by atoms with Crippen LogP contribution in [0, 0.1) is 12.8 Å². The molecule has 1 heterocycles. The van der Waals surface area contributed by atoms with Crippen molar-refractivity contribution in [2.75, 3.05) is 20.1 Å². The van der Waals surface area contributed by atoms with Gasteiger partial charge in [-0.2, -0.15) is 0 Å². The van der Waals surface area contributed by atoms with Crippen LogP contribution in [-0.2, 0) is 0 Å². The third-order valence-electron chi connectivity index (χ3n) is 3.65. The summed E-state index contributed by atoms with van der Waals surface area (Å²) in [6.07, 6.45) is 0. The molecule has 0 saturated heterocycles. The summed E-state index contributed by atoms with van der Waals surface area (Å²) in [5.41, 5.74) is 9.37. The Hall–Kier alpha value is -1.45. The molecule has 1 atom stereocenters. The van der Waals surface area contributed by atoms with E-state index in [1.54, 1.807) is 0 Å². The number of hydrogen-bond acceptors (Lipinski definition) is 3. The molecule has 0 aliphatic rings. The molecule has 0 spiro atoms. The molecular formula is C17H25N3. The Morgan fingerprint density at radius 3 is 2.60 bits per heavy atom. The van der Waals surface area contributed by atoms with E-state index in [1.807, 2.05) is 6.92 Å². The van der Waals surface area contributed by atoms with Crippen LogP contribution in [-0.4, -0.2) is 30.0 Å². The standard InChI is InChI=1S/C17H25N3/c1-12(2)11-20(4)17(10-18)15-7-8-16-14(9-15)6-5-13(3)19-16/h5-9,12,17H,10-11,18H2,1-4H3. The van der Waals surface area contributed by atoms with Crippen LogP contribution in [0.15, 0.2) is 30.3 Å². The quantitative estimate of drug-likeness (QED) is 0.908. The number of pyridine rings is 1. The molecule has 0 radical (unpaired) electrons. The van der Waals surface area contributed by atoms with E-state index in [4.69, 9.17) is 5.73 Å². The molecule has 2 N–H and O–H groups in total. The zero-order valence-electron chi connectivity index (χ0n) is 12.9. The highest BCUT2D eigenvalue weighted by Crippen LogP contribution is 2.23. The first-order valence-corrected chi connectivity index (χ1v) is 7.29. The summed E-state index contributed by atoms with van der Waals surface area (Å²) in [5, 5.41) is 1.18. The molecule has 1 unspecified atom stereocenters. The smallest absolute Gasteiger partial charge is 0.0705 e. The van der Waals surface area contributed by atoms with Crippen LogP contribution in [0.1, 0.15) is 31.1 Å². The van der Waals surface area contributed by atoms with Gasteiger partial charge in [0.25, 0.3) is 0 Å². The zero-order chi connectivity index (χ0) is 14.7. The van der Waals surface area contributed by atoms with E-state index in [0.29, 0.717) is 12.5 Å². The average Bonchev–Trinajstić information content (AvgIpc) is 2.38. The van der Waals surface area contributed by atoms with Crippen molar-refractivity contribution < 1.29 is 0 Å². The number of benzene rings is 1. The van der Waals surface area contributed by atoms with E-state index >= 15 is 0 Å².